The molecule has 1 heterocycles. The third kappa shape index (κ3) is 3.54. The SMILES string of the molecule is Cc1cc(NC(=O)N2CCC(CO)C2)ccc1-c1ccccc1. The summed E-state index contributed by atoms with van der Waals surface area (Å²) in [5, 5.41) is 12.1. The van der Waals surface area contributed by atoms with Gasteiger partial charge in [-0.3, -0.25) is 0 Å². The number of rotatable bonds is 3. The maximum Gasteiger partial charge on any atom is 0.321 e. The number of aliphatic hydroxyl groups is 1. The number of aliphatic hydroxyl groups excluding tert-OH is 1. The number of carbonyl (C=O) groups is 1. The molecule has 1 atom stereocenters. The number of benzene rings is 2. The van der Waals surface area contributed by atoms with E-state index in [1.54, 1.807) is 4.90 Å². The minimum Gasteiger partial charge on any atom is -0.396 e. The van der Waals surface area contributed by atoms with Crippen LogP contribution < -0.4 is 5.32 Å². The molecule has 1 fully saturated rings. The van der Waals surface area contributed by atoms with Crippen LogP contribution in [0.2, 0.25) is 0 Å². The van der Waals surface area contributed by atoms with E-state index in [0.717, 1.165) is 17.7 Å². The number of likely N-dealkylation sites (tertiary alicyclic amines) is 1. The molecule has 2 aromatic carbocycles. The normalized spacial score (nSPS) is 17.3. The summed E-state index contributed by atoms with van der Waals surface area (Å²) in [6, 6.07) is 16.1. The number of carbonyl (C=O) groups excluding carboxylic acids is 1. The van der Waals surface area contributed by atoms with Crippen molar-refractivity contribution in [1.82, 2.24) is 4.90 Å². The Morgan fingerprint density at radius 1 is 1.26 bits per heavy atom. The minimum atomic E-state index is -0.0900. The summed E-state index contributed by atoms with van der Waals surface area (Å²) in [5.74, 6) is 0.211. The number of nitrogens with one attached hydrogen (secondary N) is 1. The summed E-state index contributed by atoms with van der Waals surface area (Å²) < 4.78 is 0. The van der Waals surface area contributed by atoms with E-state index in [2.05, 4.69) is 24.4 Å². The first kappa shape index (κ1) is 15.6. The van der Waals surface area contributed by atoms with Crippen molar-refractivity contribution in [1.29, 1.82) is 0 Å². The van der Waals surface area contributed by atoms with Gasteiger partial charge in [-0.15, -0.1) is 0 Å². The second-order valence-corrected chi connectivity index (χ2v) is 6.11. The van der Waals surface area contributed by atoms with Gasteiger partial charge >= 0.3 is 6.03 Å². The number of nitrogens with zero attached hydrogens (tertiary/aromatic N) is 1. The molecule has 0 saturated carbocycles. The topological polar surface area (TPSA) is 52.6 Å². The van der Waals surface area contributed by atoms with E-state index in [4.69, 9.17) is 0 Å². The number of aryl methyl sites for hydroxylation is 1. The Labute approximate surface area is 136 Å². The van der Waals surface area contributed by atoms with Crippen LogP contribution in [-0.2, 0) is 0 Å². The molecule has 1 saturated heterocycles. The summed E-state index contributed by atoms with van der Waals surface area (Å²) in [6.45, 7) is 3.53. The molecule has 2 aromatic rings. The maximum atomic E-state index is 12.3. The smallest absolute Gasteiger partial charge is 0.321 e. The number of amides is 2. The molecule has 120 valence electrons. The van der Waals surface area contributed by atoms with E-state index >= 15 is 0 Å². The quantitative estimate of drug-likeness (QED) is 0.911. The van der Waals surface area contributed by atoms with Crippen molar-refractivity contribution in [3.8, 4) is 11.1 Å². The Balaban J connectivity index is 1.70. The van der Waals surface area contributed by atoms with Crippen molar-refractivity contribution in [3.05, 3.63) is 54.1 Å². The highest BCUT2D eigenvalue weighted by Gasteiger charge is 2.25. The van der Waals surface area contributed by atoms with E-state index in [1.807, 2.05) is 36.4 Å². The summed E-state index contributed by atoms with van der Waals surface area (Å²) in [7, 11) is 0. The Kier molecular flexibility index (Phi) is 4.63. The highest BCUT2D eigenvalue weighted by Crippen LogP contribution is 2.26. The zero-order chi connectivity index (χ0) is 16.2. The van der Waals surface area contributed by atoms with E-state index in [-0.39, 0.29) is 18.6 Å². The minimum absolute atomic E-state index is 0.0900. The maximum absolute atomic E-state index is 12.3. The number of hydrogen-bond donors (Lipinski definition) is 2. The van der Waals surface area contributed by atoms with Gasteiger partial charge in [0.05, 0.1) is 0 Å². The first-order chi connectivity index (χ1) is 11.2. The van der Waals surface area contributed by atoms with Crippen molar-refractivity contribution in [2.24, 2.45) is 5.92 Å². The van der Waals surface area contributed by atoms with Crippen molar-refractivity contribution in [2.75, 3.05) is 25.0 Å². The molecular weight excluding hydrogens is 288 g/mol. The van der Waals surface area contributed by atoms with E-state index < -0.39 is 0 Å². The third-order valence-electron chi connectivity index (χ3n) is 4.39. The Morgan fingerprint density at radius 3 is 2.70 bits per heavy atom. The molecule has 0 bridgehead atoms. The van der Waals surface area contributed by atoms with E-state index in [1.165, 1.54) is 11.1 Å². The molecule has 0 spiro atoms. The van der Waals surface area contributed by atoms with Gasteiger partial charge in [0.1, 0.15) is 0 Å². The van der Waals surface area contributed by atoms with Gasteiger partial charge in [0, 0.05) is 31.3 Å². The van der Waals surface area contributed by atoms with Crippen LogP contribution in [0.3, 0.4) is 0 Å². The summed E-state index contributed by atoms with van der Waals surface area (Å²) in [4.78, 5) is 14.0. The molecule has 4 nitrogen and oxygen atoms in total. The van der Waals surface area contributed by atoms with Gasteiger partial charge in [-0.2, -0.15) is 0 Å². The molecule has 1 unspecified atom stereocenters. The summed E-state index contributed by atoms with van der Waals surface area (Å²) in [6.07, 6.45) is 0.871. The van der Waals surface area contributed by atoms with Gasteiger partial charge in [0.2, 0.25) is 0 Å². The van der Waals surface area contributed by atoms with Gasteiger partial charge in [0.15, 0.2) is 0 Å². The zero-order valence-electron chi connectivity index (χ0n) is 13.3. The lowest BCUT2D eigenvalue weighted by atomic mass is 10.0. The second-order valence-electron chi connectivity index (χ2n) is 6.11. The van der Waals surface area contributed by atoms with E-state index in [9.17, 15) is 9.90 Å². The summed E-state index contributed by atoms with van der Waals surface area (Å²) in [5.41, 5.74) is 4.28. The fourth-order valence-electron chi connectivity index (χ4n) is 3.05. The number of anilines is 1. The van der Waals surface area contributed by atoms with Crippen LogP contribution in [0.5, 0.6) is 0 Å². The highest BCUT2D eigenvalue weighted by atomic mass is 16.3. The van der Waals surface area contributed by atoms with Crippen molar-refractivity contribution < 1.29 is 9.90 Å². The van der Waals surface area contributed by atoms with Crippen molar-refractivity contribution in [3.63, 3.8) is 0 Å². The van der Waals surface area contributed by atoms with Crippen LogP contribution in [0.25, 0.3) is 11.1 Å². The molecule has 2 amide bonds. The van der Waals surface area contributed by atoms with Crippen molar-refractivity contribution in [2.45, 2.75) is 13.3 Å². The van der Waals surface area contributed by atoms with Crippen LogP contribution in [0.4, 0.5) is 10.5 Å². The highest BCUT2D eigenvalue weighted by molar-refractivity contribution is 5.90. The van der Waals surface area contributed by atoms with Crippen LogP contribution >= 0.6 is 0 Å². The zero-order valence-corrected chi connectivity index (χ0v) is 13.3. The van der Waals surface area contributed by atoms with E-state index in [0.29, 0.717) is 13.1 Å². The molecule has 0 aromatic heterocycles. The first-order valence-corrected chi connectivity index (χ1v) is 8.00. The van der Waals surface area contributed by atoms with Gasteiger partial charge in [-0.25, -0.2) is 4.79 Å². The van der Waals surface area contributed by atoms with Crippen LogP contribution in [0, 0.1) is 12.8 Å². The second kappa shape index (κ2) is 6.84. The monoisotopic (exact) mass is 310 g/mol. The molecule has 1 aliphatic heterocycles. The lowest BCUT2D eigenvalue weighted by Crippen LogP contribution is -2.33. The molecule has 4 heteroatoms. The Bertz CT molecular complexity index is 685. The fraction of sp³-hybridized carbons (Fsp3) is 0.316. The number of urea groups is 1. The summed E-state index contributed by atoms with van der Waals surface area (Å²) >= 11 is 0. The van der Waals surface area contributed by atoms with Gasteiger partial charge in [-0.05, 0) is 42.2 Å². The molecule has 2 N–H and O–H groups in total. The molecule has 1 aliphatic rings. The average molecular weight is 310 g/mol. The predicted octanol–water partition coefficient (Wildman–Crippen LogP) is 3.51. The van der Waals surface area contributed by atoms with Gasteiger partial charge in [-0.1, -0.05) is 36.4 Å². The van der Waals surface area contributed by atoms with Crippen LogP contribution in [0.1, 0.15) is 12.0 Å². The van der Waals surface area contributed by atoms with Gasteiger partial charge < -0.3 is 15.3 Å². The Morgan fingerprint density at radius 2 is 2.04 bits per heavy atom. The van der Waals surface area contributed by atoms with Gasteiger partial charge in [0.25, 0.3) is 0 Å². The third-order valence-corrected chi connectivity index (χ3v) is 4.39. The lowest BCUT2D eigenvalue weighted by molar-refractivity contribution is 0.209. The molecule has 0 radical (unpaired) electrons. The number of hydrogen-bond acceptors (Lipinski definition) is 2. The predicted molar refractivity (Wildman–Crippen MR) is 92.4 cm³/mol. The molecule has 0 aliphatic carbocycles. The molecular formula is C19H22N2O2. The van der Waals surface area contributed by atoms with Crippen LogP contribution in [0.15, 0.2) is 48.5 Å². The average Bonchev–Trinajstić information content (AvgIpc) is 3.05. The fourth-order valence-corrected chi connectivity index (χ4v) is 3.05. The molecule has 3 rings (SSSR count). The standard InChI is InChI=1S/C19H22N2O2/c1-14-11-17(7-8-18(14)16-5-3-2-4-6-16)20-19(23)21-10-9-15(12-21)13-22/h2-8,11,15,22H,9-10,12-13H2,1H3,(H,20,23). The largest absolute Gasteiger partial charge is 0.396 e. The molecule has 23 heavy (non-hydrogen) atoms. The first-order valence-electron chi connectivity index (χ1n) is 8.00. The van der Waals surface area contributed by atoms with Crippen LogP contribution in [-0.4, -0.2) is 35.7 Å². The van der Waals surface area contributed by atoms with Crippen molar-refractivity contribution >= 4 is 11.7 Å². The Hall–Kier alpha value is -2.33. The lowest BCUT2D eigenvalue weighted by Gasteiger charge is -2.18.